The van der Waals surface area contributed by atoms with Crippen LogP contribution in [0.2, 0.25) is 5.02 Å². The summed E-state index contributed by atoms with van der Waals surface area (Å²) in [5, 5.41) is 5.32. The molecule has 2 aromatic heterocycles. The number of nitrogens with one attached hydrogen (secondary N) is 1. The summed E-state index contributed by atoms with van der Waals surface area (Å²) in [4.78, 5) is 12.1. The van der Waals surface area contributed by atoms with Crippen LogP contribution in [0, 0.1) is 0 Å². The topological polar surface area (TPSA) is 69.3 Å². The second kappa shape index (κ2) is 8.30. The lowest BCUT2D eigenvalue weighted by Crippen LogP contribution is -2.31. The first-order valence-corrected chi connectivity index (χ1v) is 8.55. The largest absolute Gasteiger partial charge is 0.454 e. The first-order valence-electron chi connectivity index (χ1n) is 8.17. The SMILES string of the molecule is O=C(NCC1CCCO1)c1ccc(Cn2nc(C(F)F)c(Cl)c2C(F)F)o1. The van der Waals surface area contributed by atoms with Crippen molar-refractivity contribution in [2.75, 3.05) is 13.2 Å². The van der Waals surface area contributed by atoms with Gasteiger partial charge in [-0.2, -0.15) is 5.10 Å². The van der Waals surface area contributed by atoms with Crippen LogP contribution in [0.5, 0.6) is 0 Å². The first-order chi connectivity index (χ1) is 12.9. The fraction of sp³-hybridized carbons (Fsp3) is 0.500. The molecule has 2 aromatic rings. The van der Waals surface area contributed by atoms with Gasteiger partial charge >= 0.3 is 0 Å². The van der Waals surface area contributed by atoms with Crippen LogP contribution in [0.15, 0.2) is 16.5 Å². The number of halogens is 5. The van der Waals surface area contributed by atoms with Gasteiger partial charge in [-0.1, -0.05) is 11.6 Å². The fourth-order valence-electron chi connectivity index (χ4n) is 2.77. The molecule has 6 nitrogen and oxygen atoms in total. The predicted octanol–water partition coefficient (Wildman–Crippen LogP) is 3.96. The normalized spacial score (nSPS) is 17.2. The number of alkyl halides is 4. The fourth-order valence-corrected chi connectivity index (χ4v) is 3.07. The second-order valence-corrected chi connectivity index (χ2v) is 6.33. The molecule has 1 unspecified atom stereocenters. The highest BCUT2D eigenvalue weighted by molar-refractivity contribution is 6.32. The molecule has 1 N–H and O–H groups in total. The Labute approximate surface area is 156 Å². The highest BCUT2D eigenvalue weighted by Crippen LogP contribution is 2.35. The molecule has 3 heterocycles. The maximum atomic E-state index is 13.2. The Morgan fingerprint density at radius 1 is 1.33 bits per heavy atom. The molecule has 0 bridgehead atoms. The second-order valence-electron chi connectivity index (χ2n) is 5.95. The third-order valence-corrected chi connectivity index (χ3v) is 4.46. The summed E-state index contributed by atoms with van der Waals surface area (Å²) in [6, 6.07) is 2.75. The van der Waals surface area contributed by atoms with Crippen LogP contribution in [0.1, 0.15) is 53.4 Å². The highest BCUT2D eigenvalue weighted by Gasteiger charge is 2.28. The molecule has 1 atom stereocenters. The molecule has 11 heteroatoms. The minimum absolute atomic E-state index is 0.0334. The van der Waals surface area contributed by atoms with Gasteiger partial charge < -0.3 is 14.5 Å². The summed E-state index contributed by atoms with van der Waals surface area (Å²) in [6.45, 7) is 0.618. The Kier molecular flexibility index (Phi) is 6.05. The Balaban J connectivity index is 1.70. The number of rotatable bonds is 7. The van der Waals surface area contributed by atoms with Gasteiger partial charge in [-0.25, -0.2) is 17.6 Å². The smallest absolute Gasteiger partial charge is 0.287 e. The van der Waals surface area contributed by atoms with Crippen molar-refractivity contribution < 1.29 is 31.5 Å². The van der Waals surface area contributed by atoms with Crippen molar-refractivity contribution in [3.63, 3.8) is 0 Å². The predicted molar refractivity (Wildman–Crippen MR) is 86.3 cm³/mol. The van der Waals surface area contributed by atoms with Gasteiger partial charge in [0.1, 0.15) is 17.1 Å². The van der Waals surface area contributed by atoms with Crippen molar-refractivity contribution >= 4 is 17.5 Å². The maximum Gasteiger partial charge on any atom is 0.287 e. The monoisotopic (exact) mass is 409 g/mol. The highest BCUT2D eigenvalue weighted by atomic mass is 35.5. The molecule has 148 valence electrons. The van der Waals surface area contributed by atoms with E-state index in [2.05, 4.69) is 10.4 Å². The van der Waals surface area contributed by atoms with E-state index in [1.165, 1.54) is 12.1 Å². The van der Waals surface area contributed by atoms with Gasteiger partial charge in [-0.05, 0) is 25.0 Å². The van der Waals surface area contributed by atoms with Gasteiger partial charge in [0.05, 0.1) is 17.7 Å². The van der Waals surface area contributed by atoms with Gasteiger partial charge in [-0.15, -0.1) is 0 Å². The van der Waals surface area contributed by atoms with E-state index in [1.54, 1.807) is 0 Å². The zero-order chi connectivity index (χ0) is 19.6. The van der Waals surface area contributed by atoms with Crippen molar-refractivity contribution in [2.45, 2.75) is 38.3 Å². The average molecular weight is 410 g/mol. The standard InChI is InChI=1S/C16H16ClF4N3O3/c17-11-12(14(18)19)23-24(13(11)15(20)21)7-9-3-4-10(27-9)16(25)22-6-8-2-1-5-26-8/h3-4,8,14-15H,1-2,5-7H2,(H,22,25). The molecule has 1 aliphatic heterocycles. The number of carbonyl (C=O) groups excluding carboxylic acids is 1. The van der Waals surface area contributed by atoms with E-state index in [9.17, 15) is 22.4 Å². The molecule has 0 aliphatic carbocycles. The van der Waals surface area contributed by atoms with E-state index in [0.29, 0.717) is 17.8 Å². The van der Waals surface area contributed by atoms with Crippen molar-refractivity contribution in [3.8, 4) is 0 Å². The van der Waals surface area contributed by atoms with Crippen LogP contribution in [0.3, 0.4) is 0 Å². The third-order valence-electron chi connectivity index (χ3n) is 4.08. The lowest BCUT2D eigenvalue weighted by Gasteiger charge is -2.09. The van der Waals surface area contributed by atoms with E-state index in [0.717, 1.165) is 12.8 Å². The quantitative estimate of drug-likeness (QED) is 0.703. The van der Waals surface area contributed by atoms with Crippen molar-refractivity contribution in [1.29, 1.82) is 0 Å². The summed E-state index contributed by atoms with van der Waals surface area (Å²) in [5.74, 6) is -0.425. The van der Waals surface area contributed by atoms with Crippen LogP contribution < -0.4 is 5.32 Å². The lowest BCUT2D eigenvalue weighted by atomic mass is 10.2. The molecule has 0 radical (unpaired) electrons. The Morgan fingerprint density at radius 3 is 2.74 bits per heavy atom. The molecular formula is C16H16ClF4N3O3. The summed E-state index contributed by atoms with van der Waals surface area (Å²) in [7, 11) is 0. The van der Waals surface area contributed by atoms with E-state index in [4.69, 9.17) is 20.8 Å². The number of carbonyl (C=O) groups is 1. The molecule has 27 heavy (non-hydrogen) atoms. The van der Waals surface area contributed by atoms with Crippen LogP contribution in [0.4, 0.5) is 17.6 Å². The van der Waals surface area contributed by atoms with Gasteiger partial charge in [0.25, 0.3) is 18.8 Å². The number of ether oxygens (including phenoxy) is 1. The molecule has 1 amide bonds. The minimum Gasteiger partial charge on any atom is -0.454 e. The van der Waals surface area contributed by atoms with Crippen molar-refractivity contribution in [2.24, 2.45) is 0 Å². The average Bonchev–Trinajstić information content (AvgIpc) is 3.33. The lowest BCUT2D eigenvalue weighted by molar-refractivity contribution is 0.0833. The molecule has 3 rings (SSSR count). The first kappa shape index (κ1) is 19.7. The van der Waals surface area contributed by atoms with Crippen molar-refractivity contribution in [1.82, 2.24) is 15.1 Å². The van der Waals surface area contributed by atoms with E-state index in [-0.39, 0.29) is 24.2 Å². The third kappa shape index (κ3) is 4.44. The molecule has 1 aliphatic rings. The summed E-state index contributed by atoms with van der Waals surface area (Å²) < 4.78 is 63.4. The molecule has 0 saturated carbocycles. The van der Waals surface area contributed by atoms with Gasteiger partial charge in [0.2, 0.25) is 0 Å². The number of furan rings is 1. The number of hydrogen-bond acceptors (Lipinski definition) is 4. The molecular weight excluding hydrogens is 394 g/mol. The molecule has 1 saturated heterocycles. The Hall–Kier alpha value is -2.07. The zero-order valence-electron chi connectivity index (χ0n) is 13.9. The summed E-state index contributed by atoms with van der Waals surface area (Å²) >= 11 is 5.59. The van der Waals surface area contributed by atoms with E-state index < -0.39 is 35.2 Å². The number of nitrogens with zero attached hydrogens (tertiary/aromatic N) is 2. The van der Waals surface area contributed by atoms with Gasteiger partial charge in [-0.3, -0.25) is 9.48 Å². The van der Waals surface area contributed by atoms with Crippen molar-refractivity contribution in [3.05, 3.63) is 40.1 Å². The summed E-state index contributed by atoms with van der Waals surface area (Å²) in [5.41, 5.74) is -1.75. The minimum atomic E-state index is -3.10. The van der Waals surface area contributed by atoms with E-state index >= 15 is 0 Å². The maximum absolute atomic E-state index is 13.2. The van der Waals surface area contributed by atoms with Gasteiger partial charge in [0.15, 0.2) is 5.76 Å². The molecule has 0 spiro atoms. The van der Waals surface area contributed by atoms with E-state index in [1.807, 2.05) is 0 Å². The number of hydrogen-bond donors (Lipinski definition) is 1. The zero-order valence-corrected chi connectivity index (χ0v) is 14.7. The Morgan fingerprint density at radius 2 is 2.11 bits per heavy atom. The number of amides is 1. The van der Waals surface area contributed by atoms with Crippen LogP contribution in [-0.4, -0.2) is 34.9 Å². The van der Waals surface area contributed by atoms with Crippen LogP contribution >= 0.6 is 11.6 Å². The summed E-state index contributed by atoms with van der Waals surface area (Å²) in [6.07, 6.45) is -4.44. The van der Waals surface area contributed by atoms with Crippen LogP contribution in [-0.2, 0) is 11.3 Å². The molecule has 0 aromatic carbocycles. The Bertz CT molecular complexity index is 803. The number of aromatic nitrogens is 2. The molecule has 1 fully saturated rings. The van der Waals surface area contributed by atoms with Crippen LogP contribution in [0.25, 0.3) is 0 Å². The van der Waals surface area contributed by atoms with Gasteiger partial charge in [0, 0.05) is 13.2 Å².